The van der Waals surface area contributed by atoms with Gasteiger partial charge in [0.1, 0.15) is 0 Å². The Kier molecular flexibility index (Phi) is 3.46. The molecule has 0 saturated heterocycles. The third-order valence-corrected chi connectivity index (χ3v) is 4.53. The molecule has 2 heterocycles. The molecule has 1 aromatic heterocycles. The van der Waals surface area contributed by atoms with Crippen molar-refractivity contribution >= 4 is 34.2 Å². The average Bonchev–Trinajstić information content (AvgIpc) is 2.97. The molecule has 4 rings (SSSR count). The van der Waals surface area contributed by atoms with Gasteiger partial charge in [0, 0.05) is 35.2 Å². The second kappa shape index (κ2) is 5.63. The molecule has 1 aliphatic rings. The minimum Gasteiger partial charge on any atom is -0.359 e. The van der Waals surface area contributed by atoms with E-state index in [-0.39, 0.29) is 6.03 Å². The number of H-pyrrole nitrogens is 1. The van der Waals surface area contributed by atoms with Crippen molar-refractivity contribution in [1.29, 1.82) is 0 Å². The summed E-state index contributed by atoms with van der Waals surface area (Å²) >= 11 is 6.03. The van der Waals surface area contributed by atoms with Crippen molar-refractivity contribution in [3.8, 4) is 0 Å². The summed E-state index contributed by atoms with van der Waals surface area (Å²) in [5.74, 6) is 0. The minimum atomic E-state index is -0.0737. The number of benzene rings is 2. The minimum absolute atomic E-state index is 0.0737. The fraction of sp³-hybridized carbons (Fsp3) is 0.167. The Balaban J connectivity index is 1.53. The lowest BCUT2D eigenvalue weighted by molar-refractivity contribution is 0.206. The molecular weight excluding hydrogens is 310 g/mol. The van der Waals surface area contributed by atoms with E-state index in [1.54, 1.807) is 0 Å². The molecule has 2 amide bonds. The summed E-state index contributed by atoms with van der Waals surface area (Å²) in [5.41, 5.74) is 4.22. The average molecular weight is 326 g/mol. The smallest absolute Gasteiger partial charge is 0.322 e. The van der Waals surface area contributed by atoms with Crippen molar-refractivity contribution in [2.75, 3.05) is 11.9 Å². The highest BCUT2D eigenvalue weighted by atomic mass is 35.5. The molecule has 0 radical (unpaired) electrons. The molecule has 0 bridgehead atoms. The molecule has 0 atom stereocenters. The highest BCUT2D eigenvalue weighted by Gasteiger charge is 2.21. The molecule has 0 fully saturated rings. The standard InChI is InChI=1S/C18H16ClN3O/c19-14-6-5-13-11-22(8-7-12(13)9-14)18(23)21-17-10-20-16-4-2-1-3-15(16)17/h1-6,9-10,20H,7-8,11H2,(H,21,23). The zero-order chi connectivity index (χ0) is 15.8. The molecule has 0 unspecified atom stereocenters. The van der Waals surface area contributed by atoms with Crippen molar-refractivity contribution in [2.24, 2.45) is 0 Å². The Morgan fingerprint density at radius 1 is 1.17 bits per heavy atom. The molecule has 5 heteroatoms. The van der Waals surface area contributed by atoms with Crippen molar-refractivity contribution in [3.05, 3.63) is 64.8 Å². The Morgan fingerprint density at radius 3 is 2.96 bits per heavy atom. The highest BCUT2D eigenvalue weighted by molar-refractivity contribution is 6.30. The van der Waals surface area contributed by atoms with E-state index in [9.17, 15) is 4.79 Å². The predicted octanol–water partition coefficient (Wildman–Crippen LogP) is 4.41. The number of amides is 2. The Morgan fingerprint density at radius 2 is 2.04 bits per heavy atom. The number of nitrogens with zero attached hydrogens (tertiary/aromatic N) is 1. The molecule has 4 nitrogen and oxygen atoms in total. The van der Waals surface area contributed by atoms with Gasteiger partial charge in [-0.1, -0.05) is 35.9 Å². The number of nitrogens with one attached hydrogen (secondary N) is 2. The number of urea groups is 1. The molecule has 116 valence electrons. The van der Waals surface area contributed by atoms with Gasteiger partial charge < -0.3 is 15.2 Å². The van der Waals surface area contributed by atoms with Gasteiger partial charge in [0.2, 0.25) is 0 Å². The quantitative estimate of drug-likeness (QED) is 0.684. The fourth-order valence-electron chi connectivity index (χ4n) is 3.06. The molecule has 2 aromatic carbocycles. The fourth-order valence-corrected chi connectivity index (χ4v) is 3.26. The van der Waals surface area contributed by atoms with Gasteiger partial charge in [-0.2, -0.15) is 0 Å². The van der Waals surface area contributed by atoms with Crippen molar-refractivity contribution < 1.29 is 4.79 Å². The summed E-state index contributed by atoms with van der Waals surface area (Å²) in [6.07, 6.45) is 2.66. The van der Waals surface area contributed by atoms with Crippen LogP contribution in [0.4, 0.5) is 10.5 Å². The molecular formula is C18H16ClN3O. The van der Waals surface area contributed by atoms with Gasteiger partial charge in [-0.25, -0.2) is 4.79 Å². The van der Waals surface area contributed by atoms with Gasteiger partial charge in [0.15, 0.2) is 0 Å². The number of hydrogen-bond donors (Lipinski definition) is 2. The van der Waals surface area contributed by atoms with Crippen LogP contribution in [-0.2, 0) is 13.0 Å². The maximum Gasteiger partial charge on any atom is 0.322 e. The van der Waals surface area contributed by atoms with Crippen LogP contribution in [-0.4, -0.2) is 22.5 Å². The van der Waals surface area contributed by atoms with Crippen LogP contribution < -0.4 is 5.32 Å². The van der Waals surface area contributed by atoms with E-state index in [1.165, 1.54) is 5.56 Å². The lowest BCUT2D eigenvalue weighted by Crippen LogP contribution is -2.38. The number of carbonyl (C=O) groups excluding carboxylic acids is 1. The van der Waals surface area contributed by atoms with Crippen LogP contribution >= 0.6 is 11.6 Å². The molecule has 0 saturated carbocycles. The number of hydrogen-bond acceptors (Lipinski definition) is 1. The molecule has 1 aliphatic heterocycles. The third kappa shape index (κ3) is 2.66. The zero-order valence-corrected chi connectivity index (χ0v) is 13.2. The third-order valence-electron chi connectivity index (χ3n) is 4.30. The lowest BCUT2D eigenvalue weighted by atomic mass is 10.0. The molecule has 23 heavy (non-hydrogen) atoms. The van der Waals surface area contributed by atoms with Crippen LogP contribution in [0.25, 0.3) is 10.9 Å². The van der Waals surface area contributed by atoms with Crippen molar-refractivity contribution in [3.63, 3.8) is 0 Å². The lowest BCUT2D eigenvalue weighted by Gasteiger charge is -2.29. The number of aromatic nitrogens is 1. The van der Waals surface area contributed by atoms with Gasteiger partial charge in [-0.3, -0.25) is 0 Å². The van der Waals surface area contributed by atoms with Crippen LogP contribution in [0.3, 0.4) is 0 Å². The highest BCUT2D eigenvalue weighted by Crippen LogP contribution is 2.25. The van der Waals surface area contributed by atoms with Crippen LogP contribution in [0.2, 0.25) is 5.02 Å². The molecule has 3 aromatic rings. The summed E-state index contributed by atoms with van der Waals surface area (Å²) in [4.78, 5) is 17.6. The SMILES string of the molecule is O=C(Nc1c[nH]c2ccccc12)N1CCc2cc(Cl)ccc2C1. The Hall–Kier alpha value is -2.46. The summed E-state index contributed by atoms with van der Waals surface area (Å²) in [5, 5.41) is 4.78. The normalized spacial score (nSPS) is 13.9. The summed E-state index contributed by atoms with van der Waals surface area (Å²) in [7, 11) is 0. The van der Waals surface area contributed by atoms with Crippen molar-refractivity contribution in [2.45, 2.75) is 13.0 Å². The largest absolute Gasteiger partial charge is 0.359 e. The number of fused-ring (bicyclic) bond motifs is 2. The van der Waals surface area contributed by atoms with Crippen molar-refractivity contribution in [1.82, 2.24) is 9.88 Å². The number of rotatable bonds is 1. The molecule has 2 N–H and O–H groups in total. The summed E-state index contributed by atoms with van der Waals surface area (Å²) < 4.78 is 0. The van der Waals surface area contributed by atoms with Gasteiger partial charge in [0.05, 0.1) is 5.69 Å². The number of halogens is 1. The zero-order valence-electron chi connectivity index (χ0n) is 12.5. The maximum absolute atomic E-state index is 12.6. The summed E-state index contributed by atoms with van der Waals surface area (Å²) in [6, 6.07) is 13.7. The van der Waals surface area contributed by atoms with Gasteiger partial charge >= 0.3 is 6.03 Å². The van der Waals surface area contributed by atoms with E-state index in [0.717, 1.165) is 33.6 Å². The van der Waals surface area contributed by atoms with E-state index >= 15 is 0 Å². The first kappa shape index (κ1) is 14.2. The van der Waals surface area contributed by atoms with Gasteiger partial charge in [-0.15, -0.1) is 0 Å². The monoisotopic (exact) mass is 325 g/mol. The Labute approximate surface area is 139 Å². The van der Waals surface area contributed by atoms with Crippen LogP contribution in [0.5, 0.6) is 0 Å². The first-order valence-corrected chi connectivity index (χ1v) is 7.98. The maximum atomic E-state index is 12.6. The number of para-hydroxylation sites is 1. The predicted molar refractivity (Wildman–Crippen MR) is 92.9 cm³/mol. The van der Waals surface area contributed by atoms with Crippen LogP contribution in [0.15, 0.2) is 48.7 Å². The van der Waals surface area contributed by atoms with Crippen LogP contribution in [0, 0.1) is 0 Å². The van der Waals surface area contributed by atoms with E-state index in [4.69, 9.17) is 11.6 Å². The van der Waals surface area contributed by atoms with Crippen LogP contribution in [0.1, 0.15) is 11.1 Å². The molecule has 0 spiro atoms. The number of carbonyl (C=O) groups is 1. The van der Waals surface area contributed by atoms with E-state index < -0.39 is 0 Å². The van der Waals surface area contributed by atoms with E-state index in [2.05, 4.69) is 10.3 Å². The second-order valence-electron chi connectivity index (χ2n) is 5.76. The topological polar surface area (TPSA) is 48.1 Å². The Bertz CT molecular complexity index is 887. The number of anilines is 1. The summed E-state index contributed by atoms with van der Waals surface area (Å²) in [6.45, 7) is 1.31. The van der Waals surface area contributed by atoms with E-state index in [0.29, 0.717) is 13.1 Å². The molecule has 0 aliphatic carbocycles. The van der Waals surface area contributed by atoms with Gasteiger partial charge in [-0.05, 0) is 35.7 Å². The number of aromatic amines is 1. The van der Waals surface area contributed by atoms with E-state index in [1.807, 2.05) is 53.6 Å². The van der Waals surface area contributed by atoms with Gasteiger partial charge in [0.25, 0.3) is 0 Å². The first-order chi connectivity index (χ1) is 11.2. The first-order valence-electron chi connectivity index (χ1n) is 7.60. The second-order valence-corrected chi connectivity index (χ2v) is 6.20.